The lowest BCUT2D eigenvalue weighted by Crippen LogP contribution is -2.45. The number of nitrogens with one attached hydrogen (secondary N) is 1. The maximum atomic E-state index is 12.5. The van der Waals surface area contributed by atoms with Crippen LogP contribution >= 0.6 is 23.1 Å². The molecule has 0 radical (unpaired) electrons. The second-order valence-corrected chi connectivity index (χ2v) is 8.74. The van der Waals surface area contributed by atoms with E-state index in [-0.39, 0.29) is 29.5 Å². The fourth-order valence-corrected chi connectivity index (χ4v) is 6.02. The fraction of sp³-hybridized carbons (Fsp3) is 0.615. The number of ether oxygens (including phenoxy) is 2. The van der Waals surface area contributed by atoms with Crippen LogP contribution in [-0.2, 0) is 19.5 Å². The maximum absolute atomic E-state index is 12.5. The Balaban J connectivity index is 2.12. The highest BCUT2D eigenvalue weighted by Crippen LogP contribution is 2.31. The van der Waals surface area contributed by atoms with E-state index < -0.39 is 21.6 Å². The molecule has 0 bridgehead atoms. The van der Waals surface area contributed by atoms with Crippen LogP contribution in [0.15, 0.2) is 16.3 Å². The number of carbonyl (C=O) groups excluding carboxylic acids is 1. The Kier molecular flexibility index (Phi) is 6.46. The van der Waals surface area contributed by atoms with Gasteiger partial charge in [0, 0.05) is 12.3 Å². The van der Waals surface area contributed by atoms with Crippen LogP contribution in [0.1, 0.15) is 16.1 Å². The van der Waals surface area contributed by atoms with E-state index in [9.17, 15) is 13.2 Å². The van der Waals surface area contributed by atoms with Crippen molar-refractivity contribution in [3.05, 3.63) is 16.3 Å². The summed E-state index contributed by atoms with van der Waals surface area (Å²) in [5.74, 6) is 0.852. The van der Waals surface area contributed by atoms with Crippen molar-refractivity contribution in [3.8, 4) is 0 Å². The monoisotopic (exact) mass is 381 g/mol. The number of carbonyl (C=O) groups is 1. The smallest absolute Gasteiger partial charge is 0.349 e. The van der Waals surface area contributed by atoms with Gasteiger partial charge in [-0.3, -0.25) is 0 Å². The fourth-order valence-electron chi connectivity index (χ4n) is 2.21. The number of aliphatic hydroxyl groups is 1. The van der Waals surface area contributed by atoms with E-state index in [0.717, 1.165) is 17.1 Å². The minimum atomic E-state index is -3.85. The molecule has 2 heterocycles. The summed E-state index contributed by atoms with van der Waals surface area (Å²) in [5, 5.41) is 10.5. The lowest BCUT2D eigenvalue weighted by molar-refractivity contribution is -0.0358. The molecule has 10 heteroatoms. The Labute approximate surface area is 143 Å². The van der Waals surface area contributed by atoms with E-state index in [4.69, 9.17) is 9.84 Å². The summed E-state index contributed by atoms with van der Waals surface area (Å²) in [7, 11) is -2.64. The highest BCUT2D eigenvalue weighted by Gasteiger charge is 2.37. The van der Waals surface area contributed by atoms with Gasteiger partial charge in [0.1, 0.15) is 9.77 Å². The van der Waals surface area contributed by atoms with Gasteiger partial charge in [0.25, 0.3) is 0 Å². The first-order valence-electron chi connectivity index (χ1n) is 6.92. The van der Waals surface area contributed by atoms with Crippen molar-refractivity contribution >= 4 is 39.1 Å². The molecule has 1 atom stereocenters. The summed E-state index contributed by atoms with van der Waals surface area (Å²) >= 11 is 2.70. The highest BCUT2D eigenvalue weighted by molar-refractivity contribution is 7.99. The number of esters is 1. The number of rotatable bonds is 8. The van der Waals surface area contributed by atoms with Crippen molar-refractivity contribution in [3.63, 3.8) is 0 Å². The van der Waals surface area contributed by atoms with Gasteiger partial charge in [0.15, 0.2) is 0 Å². The Hall–Kier alpha value is -0.650. The first-order chi connectivity index (χ1) is 10.9. The Morgan fingerprint density at radius 2 is 2.30 bits per heavy atom. The summed E-state index contributed by atoms with van der Waals surface area (Å²) in [6.07, 6.45) is 0.702. The zero-order valence-electron chi connectivity index (χ0n) is 12.6. The summed E-state index contributed by atoms with van der Waals surface area (Å²) in [5.41, 5.74) is -0.623. The molecule has 23 heavy (non-hydrogen) atoms. The molecule has 1 saturated heterocycles. The minimum Gasteiger partial charge on any atom is -0.465 e. The Morgan fingerprint density at radius 1 is 1.52 bits per heavy atom. The topological polar surface area (TPSA) is 102 Å². The van der Waals surface area contributed by atoms with Crippen molar-refractivity contribution in [2.24, 2.45) is 0 Å². The molecule has 0 aliphatic carbocycles. The summed E-state index contributed by atoms with van der Waals surface area (Å²) in [6.45, 7) is 0.142. The predicted molar refractivity (Wildman–Crippen MR) is 88.6 cm³/mol. The van der Waals surface area contributed by atoms with Gasteiger partial charge in [0.05, 0.1) is 25.9 Å². The average Bonchev–Trinajstić information content (AvgIpc) is 3.20. The standard InChI is InChI=1S/C13H19NO6S3/c1-19-12(16)11-10(2-6-22-11)23(17,18)14-8-13(20-5-4-15)3-7-21-9-13/h2,6,14-15H,3-5,7-9H2,1H3. The second-order valence-electron chi connectivity index (χ2n) is 4.99. The highest BCUT2D eigenvalue weighted by atomic mass is 32.2. The van der Waals surface area contributed by atoms with Crippen molar-refractivity contribution in [2.75, 3.05) is 38.4 Å². The van der Waals surface area contributed by atoms with Gasteiger partial charge in [-0.25, -0.2) is 17.9 Å². The van der Waals surface area contributed by atoms with Gasteiger partial charge in [0.2, 0.25) is 10.0 Å². The van der Waals surface area contributed by atoms with E-state index in [0.29, 0.717) is 12.2 Å². The van der Waals surface area contributed by atoms with Crippen LogP contribution in [0.5, 0.6) is 0 Å². The van der Waals surface area contributed by atoms with Crippen molar-refractivity contribution in [1.29, 1.82) is 0 Å². The molecule has 0 saturated carbocycles. The van der Waals surface area contributed by atoms with Gasteiger partial charge in [-0.1, -0.05) is 0 Å². The lowest BCUT2D eigenvalue weighted by Gasteiger charge is -2.28. The molecule has 1 fully saturated rings. The largest absolute Gasteiger partial charge is 0.465 e. The van der Waals surface area contributed by atoms with E-state index in [1.807, 2.05) is 0 Å². The third kappa shape index (κ3) is 4.46. The van der Waals surface area contributed by atoms with Crippen LogP contribution in [0.2, 0.25) is 0 Å². The quantitative estimate of drug-likeness (QED) is 0.639. The molecule has 0 amide bonds. The number of sulfonamides is 1. The van der Waals surface area contributed by atoms with Crippen LogP contribution < -0.4 is 4.72 Å². The van der Waals surface area contributed by atoms with Crippen molar-refractivity contribution in [1.82, 2.24) is 4.72 Å². The third-order valence-electron chi connectivity index (χ3n) is 3.44. The summed E-state index contributed by atoms with van der Waals surface area (Å²) in [4.78, 5) is 11.6. The molecule has 2 N–H and O–H groups in total. The van der Waals surface area contributed by atoms with Gasteiger partial charge >= 0.3 is 5.97 Å². The number of hydrogen-bond donors (Lipinski definition) is 2. The third-order valence-corrected chi connectivity index (χ3v) is 7.13. The van der Waals surface area contributed by atoms with Gasteiger partial charge in [-0.2, -0.15) is 11.8 Å². The molecule has 2 rings (SSSR count). The Morgan fingerprint density at radius 3 is 2.91 bits per heavy atom. The van der Waals surface area contributed by atoms with Crippen molar-refractivity contribution < 1.29 is 27.8 Å². The van der Waals surface area contributed by atoms with Crippen LogP contribution in [0.25, 0.3) is 0 Å². The van der Waals surface area contributed by atoms with Gasteiger partial charge in [-0.05, 0) is 23.6 Å². The molecular weight excluding hydrogens is 362 g/mol. The summed E-state index contributed by atoms with van der Waals surface area (Å²) < 4.78 is 37.8. The number of aliphatic hydroxyl groups excluding tert-OH is 1. The maximum Gasteiger partial charge on any atom is 0.349 e. The molecular formula is C13H19NO6S3. The van der Waals surface area contributed by atoms with Gasteiger partial charge in [-0.15, -0.1) is 11.3 Å². The lowest BCUT2D eigenvalue weighted by atomic mass is 10.0. The number of thioether (sulfide) groups is 1. The SMILES string of the molecule is COC(=O)c1sccc1S(=O)(=O)NCC1(OCCO)CCSC1. The van der Waals surface area contributed by atoms with E-state index >= 15 is 0 Å². The molecule has 1 aromatic heterocycles. The average molecular weight is 381 g/mol. The number of methoxy groups -OCH3 is 1. The van der Waals surface area contributed by atoms with E-state index in [2.05, 4.69) is 9.46 Å². The van der Waals surface area contributed by atoms with Crippen LogP contribution in [0, 0.1) is 0 Å². The van der Waals surface area contributed by atoms with Crippen LogP contribution in [0.3, 0.4) is 0 Å². The van der Waals surface area contributed by atoms with Crippen LogP contribution in [0.4, 0.5) is 0 Å². The van der Waals surface area contributed by atoms with Crippen LogP contribution in [-0.4, -0.2) is 63.5 Å². The Bertz CT molecular complexity index is 636. The second kappa shape index (κ2) is 7.95. The number of thiophene rings is 1. The summed E-state index contributed by atoms with van der Waals surface area (Å²) in [6, 6.07) is 1.38. The zero-order valence-corrected chi connectivity index (χ0v) is 15.1. The molecule has 1 aliphatic heterocycles. The molecule has 1 aromatic rings. The van der Waals surface area contributed by atoms with E-state index in [1.165, 1.54) is 18.6 Å². The number of hydrogen-bond acceptors (Lipinski definition) is 8. The first-order valence-corrected chi connectivity index (χ1v) is 10.4. The molecule has 7 nitrogen and oxygen atoms in total. The van der Waals surface area contributed by atoms with E-state index in [1.54, 1.807) is 11.8 Å². The van der Waals surface area contributed by atoms with Crippen molar-refractivity contribution in [2.45, 2.75) is 16.9 Å². The molecule has 1 unspecified atom stereocenters. The predicted octanol–water partition coefficient (Wildman–Crippen LogP) is 0.698. The molecule has 130 valence electrons. The first kappa shape index (κ1) is 18.7. The minimum absolute atomic E-state index is 0.0473. The normalized spacial score (nSPS) is 21.5. The zero-order chi connectivity index (χ0) is 16.9. The molecule has 0 aromatic carbocycles. The molecule has 1 aliphatic rings. The molecule has 0 spiro atoms. The van der Waals surface area contributed by atoms with Gasteiger partial charge < -0.3 is 14.6 Å².